The molecule has 0 saturated heterocycles. The van der Waals surface area contributed by atoms with Gasteiger partial charge >= 0.3 is 0 Å². The van der Waals surface area contributed by atoms with Crippen LogP contribution in [0.3, 0.4) is 0 Å². The first-order valence-electron chi connectivity index (χ1n) is 5.73. The molecule has 94 valence electrons. The Kier molecular flexibility index (Phi) is 4.54. The molecule has 0 spiro atoms. The van der Waals surface area contributed by atoms with Crippen LogP contribution >= 0.6 is 12.4 Å². The molecule has 0 heterocycles. The summed E-state index contributed by atoms with van der Waals surface area (Å²) >= 11 is 0. The van der Waals surface area contributed by atoms with Gasteiger partial charge in [0, 0.05) is 17.6 Å². The summed E-state index contributed by atoms with van der Waals surface area (Å²) < 4.78 is 0. The van der Waals surface area contributed by atoms with Gasteiger partial charge in [0.05, 0.1) is 0 Å². The minimum Gasteiger partial charge on any atom is -0.350 e. The van der Waals surface area contributed by atoms with E-state index in [4.69, 9.17) is 5.73 Å². The van der Waals surface area contributed by atoms with Gasteiger partial charge in [-0.3, -0.25) is 4.79 Å². The van der Waals surface area contributed by atoms with E-state index in [1.807, 2.05) is 31.2 Å². The maximum absolute atomic E-state index is 11.8. The van der Waals surface area contributed by atoms with Gasteiger partial charge in [-0.25, -0.2) is 0 Å². The van der Waals surface area contributed by atoms with Crippen molar-refractivity contribution in [3.63, 3.8) is 0 Å². The van der Waals surface area contributed by atoms with Gasteiger partial charge in [0.2, 0.25) is 0 Å². The van der Waals surface area contributed by atoms with Crippen LogP contribution in [0.1, 0.15) is 35.2 Å². The van der Waals surface area contributed by atoms with Gasteiger partial charge in [-0.15, -0.1) is 12.4 Å². The highest BCUT2D eigenvalue weighted by Crippen LogP contribution is 2.28. The van der Waals surface area contributed by atoms with Crippen LogP contribution in [0.15, 0.2) is 24.3 Å². The zero-order valence-corrected chi connectivity index (χ0v) is 10.8. The van der Waals surface area contributed by atoms with E-state index in [2.05, 4.69) is 5.32 Å². The van der Waals surface area contributed by atoms with Crippen LogP contribution < -0.4 is 11.1 Å². The predicted molar refractivity (Wildman–Crippen MR) is 71.5 cm³/mol. The normalized spacial score (nSPS) is 16.6. The number of nitrogens with one attached hydrogen (secondary N) is 1. The number of hydrogen-bond donors (Lipinski definition) is 2. The van der Waals surface area contributed by atoms with E-state index in [-0.39, 0.29) is 23.9 Å². The number of amides is 1. The fourth-order valence-corrected chi connectivity index (χ4v) is 1.95. The van der Waals surface area contributed by atoms with Crippen molar-refractivity contribution in [2.24, 2.45) is 5.73 Å². The van der Waals surface area contributed by atoms with Gasteiger partial charge in [0.1, 0.15) is 0 Å². The van der Waals surface area contributed by atoms with Crippen LogP contribution in [0, 0.1) is 6.92 Å². The van der Waals surface area contributed by atoms with Crippen molar-refractivity contribution in [3.05, 3.63) is 35.4 Å². The van der Waals surface area contributed by atoms with Crippen LogP contribution in [-0.4, -0.2) is 18.0 Å². The molecule has 1 aliphatic carbocycles. The molecule has 1 saturated carbocycles. The summed E-state index contributed by atoms with van der Waals surface area (Å²) in [5, 5.41) is 2.90. The largest absolute Gasteiger partial charge is 0.350 e. The molecule has 0 radical (unpaired) electrons. The zero-order chi connectivity index (χ0) is 11.6. The van der Waals surface area contributed by atoms with Gasteiger partial charge < -0.3 is 11.1 Å². The molecule has 4 heteroatoms. The van der Waals surface area contributed by atoms with E-state index in [1.54, 1.807) is 0 Å². The minimum absolute atomic E-state index is 0. The molecule has 3 N–H and O–H groups in total. The van der Waals surface area contributed by atoms with Crippen molar-refractivity contribution in [1.82, 2.24) is 5.32 Å². The first kappa shape index (κ1) is 14.0. The Bertz CT molecular complexity index is 402. The molecule has 0 bridgehead atoms. The van der Waals surface area contributed by atoms with Crippen molar-refractivity contribution in [1.29, 1.82) is 0 Å². The summed E-state index contributed by atoms with van der Waals surface area (Å²) in [6.07, 6.45) is 3.21. The number of aryl methyl sites for hydroxylation is 1. The van der Waals surface area contributed by atoms with Crippen molar-refractivity contribution in [3.8, 4) is 0 Å². The summed E-state index contributed by atoms with van der Waals surface area (Å²) in [6, 6.07) is 7.59. The fourth-order valence-electron chi connectivity index (χ4n) is 1.95. The topological polar surface area (TPSA) is 55.1 Å². The molecule has 1 fully saturated rings. The van der Waals surface area contributed by atoms with Crippen LogP contribution in [-0.2, 0) is 0 Å². The molecule has 1 amide bonds. The Morgan fingerprint density at radius 1 is 1.47 bits per heavy atom. The van der Waals surface area contributed by atoms with Gasteiger partial charge in [-0.2, -0.15) is 0 Å². The van der Waals surface area contributed by atoms with Crippen LogP contribution in [0.5, 0.6) is 0 Å². The average Bonchev–Trinajstić information content (AvgIpc) is 2.23. The Labute approximate surface area is 108 Å². The fraction of sp³-hybridized carbons (Fsp3) is 0.462. The molecule has 17 heavy (non-hydrogen) atoms. The van der Waals surface area contributed by atoms with Gasteiger partial charge in [0.25, 0.3) is 5.91 Å². The van der Waals surface area contributed by atoms with E-state index >= 15 is 0 Å². The van der Waals surface area contributed by atoms with Crippen molar-refractivity contribution in [2.75, 3.05) is 6.54 Å². The number of hydrogen-bond acceptors (Lipinski definition) is 2. The maximum atomic E-state index is 11.8. The lowest BCUT2D eigenvalue weighted by molar-refractivity contribution is 0.0929. The van der Waals surface area contributed by atoms with Crippen molar-refractivity contribution in [2.45, 2.75) is 31.7 Å². The molecule has 0 aromatic heterocycles. The highest BCUT2D eigenvalue weighted by molar-refractivity contribution is 5.94. The highest BCUT2D eigenvalue weighted by atomic mass is 35.5. The predicted octanol–water partition coefficient (Wildman–Crippen LogP) is 2.03. The second-order valence-corrected chi connectivity index (χ2v) is 4.77. The number of carbonyl (C=O) groups excluding carboxylic acids is 1. The number of benzene rings is 1. The zero-order valence-electron chi connectivity index (χ0n) is 10.0. The molecular weight excluding hydrogens is 236 g/mol. The molecule has 2 rings (SSSR count). The summed E-state index contributed by atoms with van der Waals surface area (Å²) in [7, 11) is 0. The highest BCUT2D eigenvalue weighted by Gasteiger charge is 2.32. The third-order valence-electron chi connectivity index (χ3n) is 3.23. The van der Waals surface area contributed by atoms with Crippen LogP contribution in [0.2, 0.25) is 0 Å². The summed E-state index contributed by atoms with van der Waals surface area (Å²) in [6.45, 7) is 2.56. The summed E-state index contributed by atoms with van der Waals surface area (Å²) in [5.41, 5.74) is 7.70. The lowest BCUT2D eigenvalue weighted by Gasteiger charge is -2.38. The molecule has 0 unspecified atom stereocenters. The number of carbonyl (C=O) groups is 1. The second kappa shape index (κ2) is 5.52. The molecule has 0 aliphatic heterocycles. The van der Waals surface area contributed by atoms with Crippen molar-refractivity contribution < 1.29 is 4.79 Å². The summed E-state index contributed by atoms with van der Waals surface area (Å²) in [5.74, 6) is -0.0274. The number of halogens is 1. The van der Waals surface area contributed by atoms with E-state index in [9.17, 15) is 4.79 Å². The van der Waals surface area contributed by atoms with E-state index in [0.717, 1.165) is 18.4 Å². The monoisotopic (exact) mass is 254 g/mol. The third kappa shape index (κ3) is 3.45. The third-order valence-corrected chi connectivity index (χ3v) is 3.23. The molecular formula is C13H19ClN2O. The Balaban J connectivity index is 0.00000144. The molecule has 1 aromatic carbocycles. The van der Waals surface area contributed by atoms with E-state index in [1.165, 1.54) is 6.42 Å². The maximum Gasteiger partial charge on any atom is 0.251 e. The quantitative estimate of drug-likeness (QED) is 0.867. The van der Waals surface area contributed by atoms with Crippen LogP contribution in [0.4, 0.5) is 0 Å². The molecule has 3 nitrogen and oxygen atoms in total. The number of rotatable bonds is 3. The first-order valence-corrected chi connectivity index (χ1v) is 5.73. The first-order chi connectivity index (χ1) is 7.59. The lowest BCUT2D eigenvalue weighted by Crippen LogP contribution is -2.54. The van der Waals surface area contributed by atoms with Gasteiger partial charge in [-0.05, 0) is 38.3 Å². The lowest BCUT2D eigenvalue weighted by atomic mass is 9.78. The van der Waals surface area contributed by atoms with E-state index in [0.29, 0.717) is 12.1 Å². The smallest absolute Gasteiger partial charge is 0.251 e. The Morgan fingerprint density at radius 3 is 2.71 bits per heavy atom. The van der Waals surface area contributed by atoms with Crippen LogP contribution in [0.25, 0.3) is 0 Å². The van der Waals surface area contributed by atoms with Gasteiger partial charge in [0.15, 0.2) is 0 Å². The number of nitrogens with two attached hydrogens (primary N) is 1. The SMILES string of the molecule is Cc1cccc(C(=O)NCC2(N)CCC2)c1.Cl. The van der Waals surface area contributed by atoms with Crippen molar-refractivity contribution >= 4 is 18.3 Å². The Morgan fingerprint density at radius 2 is 2.18 bits per heavy atom. The summed E-state index contributed by atoms with van der Waals surface area (Å²) in [4.78, 5) is 11.8. The Hall–Kier alpha value is -1.06. The minimum atomic E-state index is -0.153. The second-order valence-electron chi connectivity index (χ2n) is 4.77. The standard InChI is InChI=1S/C13H18N2O.ClH/c1-10-4-2-5-11(8-10)12(16)15-9-13(14)6-3-7-13;/h2,4-5,8H,3,6-7,9,14H2,1H3,(H,15,16);1H. The molecule has 1 aliphatic rings. The molecule has 0 atom stereocenters. The van der Waals surface area contributed by atoms with E-state index < -0.39 is 0 Å². The average molecular weight is 255 g/mol. The van der Waals surface area contributed by atoms with Gasteiger partial charge in [-0.1, -0.05) is 17.7 Å². The molecule has 1 aromatic rings.